The van der Waals surface area contributed by atoms with Crippen molar-refractivity contribution in [3.8, 4) is 0 Å². The number of methoxy groups -OCH3 is 1. The average Bonchev–Trinajstić information content (AvgIpc) is 3.18. The normalized spacial score (nSPS) is 25.3. The van der Waals surface area contributed by atoms with Gasteiger partial charge in [0.05, 0.1) is 13.7 Å². The minimum Gasteiger partial charge on any atom is -0.466 e. The van der Waals surface area contributed by atoms with E-state index < -0.39 is 28.7 Å². The lowest BCUT2D eigenvalue weighted by Gasteiger charge is -2.24. The molecule has 156 valence electrons. The van der Waals surface area contributed by atoms with Crippen molar-refractivity contribution in [2.45, 2.75) is 37.4 Å². The predicted molar refractivity (Wildman–Crippen MR) is 107 cm³/mol. The van der Waals surface area contributed by atoms with Crippen molar-refractivity contribution in [1.29, 1.82) is 0 Å². The zero-order valence-corrected chi connectivity index (χ0v) is 16.9. The number of aliphatic hydroxyl groups is 1. The van der Waals surface area contributed by atoms with Crippen molar-refractivity contribution in [2.75, 3.05) is 13.7 Å². The molecule has 1 aromatic carbocycles. The molecule has 0 unspecified atom stereocenters. The third-order valence-electron chi connectivity index (χ3n) is 6.14. The Labute approximate surface area is 173 Å². The van der Waals surface area contributed by atoms with Gasteiger partial charge in [-0.25, -0.2) is 4.79 Å². The van der Waals surface area contributed by atoms with E-state index in [4.69, 9.17) is 9.47 Å². The van der Waals surface area contributed by atoms with Crippen LogP contribution in [0.1, 0.15) is 46.0 Å². The molecular weight excluding hydrogens is 386 g/mol. The Morgan fingerprint density at radius 2 is 1.87 bits per heavy atom. The number of hydrogen-bond donors (Lipinski definition) is 2. The molecule has 0 bridgehead atoms. The molecule has 7 heteroatoms. The highest BCUT2D eigenvalue weighted by molar-refractivity contribution is 6.32. The van der Waals surface area contributed by atoms with E-state index in [1.807, 2.05) is 25.4 Å². The Hall–Kier alpha value is -3.03. The summed E-state index contributed by atoms with van der Waals surface area (Å²) in [4.78, 5) is 42.2. The van der Waals surface area contributed by atoms with E-state index in [9.17, 15) is 19.5 Å². The SMILES string of the molecule is COC(=O)[C@]12O[C@@]1(C/C(CO)=C(\C)CCc1cc[nH]c1)C(=O)c1ccccc1C2=O. The van der Waals surface area contributed by atoms with E-state index in [2.05, 4.69) is 4.98 Å². The number of Topliss-reactive ketones (excluding diaryl/α,β-unsaturated/α-hetero) is 2. The van der Waals surface area contributed by atoms with Crippen LogP contribution in [0.5, 0.6) is 0 Å². The lowest BCUT2D eigenvalue weighted by atomic mass is 9.71. The van der Waals surface area contributed by atoms with Gasteiger partial charge in [-0.05, 0) is 37.0 Å². The van der Waals surface area contributed by atoms with Crippen molar-refractivity contribution in [3.05, 3.63) is 70.6 Å². The van der Waals surface area contributed by atoms with Crippen LogP contribution in [-0.4, -0.2) is 52.5 Å². The number of carbonyl (C=O) groups excluding carboxylic acids is 3. The van der Waals surface area contributed by atoms with Gasteiger partial charge in [-0.2, -0.15) is 0 Å². The number of aliphatic hydroxyl groups excluding tert-OH is 1. The van der Waals surface area contributed by atoms with E-state index in [0.717, 1.165) is 24.7 Å². The highest BCUT2D eigenvalue weighted by atomic mass is 16.7. The van der Waals surface area contributed by atoms with Gasteiger partial charge < -0.3 is 19.6 Å². The molecule has 2 aliphatic rings. The van der Waals surface area contributed by atoms with Crippen molar-refractivity contribution in [2.24, 2.45) is 0 Å². The van der Waals surface area contributed by atoms with Crippen LogP contribution < -0.4 is 0 Å². The van der Waals surface area contributed by atoms with Crippen molar-refractivity contribution < 1.29 is 29.0 Å². The van der Waals surface area contributed by atoms with Crippen LogP contribution in [0.4, 0.5) is 0 Å². The number of carbonyl (C=O) groups is 3. The van der Waals surface area contributed by atoms with Crippen molar-refractivity contribution in [1.82, 2.24) is 4.98 Å². The fraction of sp³-hybridized carbons (Fsp3) is 0.348. The monoisotopic (exact) mass is 409 g/mol. The molecule has 2 N–H and O–H groups in total. The summed E-state index contributed by atoms with van der Waals surface area (Å²) in [6, 6.07) is 8.33. The molecular formula is C23H23NO6. The maximum Gasteiger partial charge on any atom is 0.350 e. The first kappa shape index (κ1) is 20.3. The van der Waals surface area contributed by atoms with Crippen LogP contribution in [-0.2, 0) is 20.7 Å². The number of aromatic nitrogens is 1. The summed E-state index contributed by atoms with van der Waals surface area (Å²) < 4.78 is 10.6. The lowest BCUT2D eigenvalue weighted by Crippen LogP contribution is -2.50. The number of rotatable bonds is 7. The lowest BCUT2D eigenvalue weighted by molar-refractivity contribution is -0.145. The van der Waals surface area contributed by atoms with Gasteiger partial charge in [-0.3, -0.25) is 9.59 Å². The molecule has 0 saturated carbocycles. The molecule has 2 atom stereocenters. The smallest absolute Gasteiger partial charge is 0.350 e. The number of hydrogen-bond acceptors (Lipinski definition) is 6. The number of aromatic amines is 1. The van der Waals surface area contributed by atoms with Gasteiger partial charge in [-0.15, -0.1) is 0 Å². The summed E-state index contributed by atoms with van der Waals surface area (Å²) in [5.41, 5.74) is -0.706. The second-order valence-corrected chi connectivity index (χ2v) is 7.74. The number of fused-ring (bicyclic) bond motifs is 2. The molecule has 0 radical (unpaired) electrons. The summed E-state index contributed by atoms with van der Waals surface area (Å²) in [5, 5.41) is 10.0. The number of benzene rings is 1. The predicted octanol–water partition coefficient (Wildman–Crippen LogP) is 2.41. The first-order valence-electron chi connectivity index (χ1n) is 9.78. The third-order valence-corrected chi connectivity index (χ3v) is 6.14. The molecule has 1 fully saturated rings. The minimum absolute atomic E-state index is 0.0452. The zero-order chi connectivity index (χ0) is 21.5. The summed E-state index contributed by atoms with van der Waals surface area (Å²) in [6.45, 7) is 1.57. The van der Waals surface area contributed by atoms with E-state index in [1.54, 1.807) is 18.2 Å². The summed E-state index contributed by atoms with van der Waals surface area (Å²) >= 11 is 0. The van der Waals surface area contributed by atoms with Crippen LogP contribution in [0.3, 0.4) is 0 Å². The minimum atomic E-state index is -1.99. The number of allylic oxidation sites excluding steroid dienone is 1. The van der Waals surface area contributed by atoms with Crippen LogP contribution >= 0.6 is 0 Å². The number of nitrogens with one attached hydrogen (secondary N) is 1. The Balaban J connectivity index is 1.71. The molecule has 1 aliphatic carbocycles. The molecule has 1 aromatic heterocycles. The largest absolute Gasteiger partial charge is 0.466 e. The Morgan fingerprint density at radius 1 is 1.17 bits per heavy atom. The number of H-pyrrole nitrogens is 1. The first-order valence-corrected chi connectivity index (χ1v) is 9.78. The second kappa shape index (κ2) is 7.34. The molecule has 2 heterocycles. The first-order chi connectivity index (χ1) is 14.4. The van der Waals surface area contributed by atoms with E-state index in [-0.39, 0.29) is 24.2 Å². The number of ketones is 2. The van der Waals surface area contributed by atoms with Crippen LogP contribution in [0.15, 0.2) is 53.9 Å². The molecule has 0 amide bonds. The molecule has 2 aromatic rings. The highest BCUT2D eigenvalue weighted by Gasteiger charge is 2.85. The number of epoxide rings is 1. The van der Waals surface area contributed by atoms with Gasteiger partial charge in [0.25, 0.3) is 5.60 Å². The molecule has 30 heavy (non-hydrogen) atoms. The Bertz CT molecular complexity index is 1050. The summed E-state index contributed by atoms with van der Waals surface area (Å²) in [7, 11) is 1.16. The van der Waals surface area contributed by atoms with Gasteiger partial charge in [0, 0.05) is 29.9 Å². The fourth-order valence-electron chi connectivity index (χ4n) is 4.31. The van der Waals surface area contributed by atoms with Crippen LogP contribution in [0.25, 0.3) is 0 Å². The topological polar surface area (TPSA) is 109 Å². The van der Waals surface area contributed by atoms with Crippen LogP contribution in [0, 0.1) is 0 Å². The maximum absolute atomic E-state index is 13.4. The average molecular weight is 409 g/mol. The maximum atomic E-state index is 13.4. The van der Waals surface area contributed by atoms with Crippen LogP contribution in [0.2, 0.25) is 0 Å². The molecule has 4 rings (SSSR count). The highest BCUT2D eigenvalue weighted by Crippen LogP contribution is 2.59. The van der Waals surface area contributed by atoms with Crippen molar-refractivity contribution in [3.63, 3.8) is 0 Å². The van der Waals surface area contributed by atoms with Gasteiger partial charge in [0.15, 0.2) is 11.4 Å². The number of aryl methyl sites for hydroxylation is 1. The van der Waals surface area contributed by atoms with Gasteiger partial charge in [0.2, 0.25) is 5.78 Å². The fourth-order valence-corrected chi connectivity index (χ4v) is 4.31. The molecule has 0 spiro atoms. The van der Waals surface area contributed by atoms with E-state index in [1.165, 1.54) is 6.07 Å². The summed E-state index contributed by atoms with van der Waals surface area (Å²) in [6.07, 6.45) is 5.11. The summed E-state index contributed by atoms with van der Waals surface area (Å²) in [5.74, 6) is -1.91. The quantitative estimate of drug-likeness (QED) is 0.315. The third kappa shape index (κ3) is 2.77. The molecule has 1 aliphatic heterocycles. The second-order valence-electron chi connectivity index (χ2n) is 7.74. The number of esters is 1. The van der Waals surface area contributed by atoms with E-state index in [0.29, 0.717) is 12.0 Å². The van der Waals surface area contributed by atoms with Gasteiger partial charge >= 0.3 is 5.97 Å². The van der Waals surface area contributed by atoms with Crippen molar-refractivity contribution >= 4 is 17.5 Å². The Morgan fingerprint density at radius 3 is 2.47 bits per heavy atom. The van der Waals surface area contributed by atoms with E-state index >= 15 is 0 Å². The van der Waals surface area contributed by atoms with Gasteiger partial charge in [-0.1, -0.05) is 29.8 Å². The van der Waals surface area contributed by atoms with Gasteiger partial charge in [0.1, 0.15) is 0 Å². The standard InChI is InChI=1S/C23H23NO6/c1-14(7-8-15-9-10-24-12-15)16(13-25)11-22-19(26)17-5-3-4-6-18(17)20(27)23(22,30-22)21(28)29-2/h3-6,9-10,12,24-25H,7-8,11,13H2,1-2H3/b16-14-/t22-,23-/m0/s1. The number of ether oxygens (including phenoxy) is 2. The molecule has 7 nitrogen and oxygen atoms in total. The zero-order valence-electron chi connectivity index (χ0n) is 16.9. The molecule has 1 saturated heterocycles. The Kier molecular flexibility index (Phi) is 4.95.